The van der Waals surface area contributed by atoms with E-state index in [1.807, 2.05) is 0 Å². The average Bonchev–Trinajstić information content (AvgIpc) is 2.30. The van der Waals surface area contributed by atoms with Crippen LogP contribution in [0, 0.1) is 5.92 Å². The molecule has 1 unspecified atom stereocenters. The maximum Gasteiger partial charge on any atom is 0.309 e. The van der Waals surface area contributed by atoms with Crippen LogP contribution in [-0.4, -0.2) is 23.9 Å². The van der Waals surface area contributed by atoms with Crippen molar-refractivity contribution in [1.29, 1.82) is 0 Å². The normalized spacial score (nSPS) is 21.9. The van der Waals surface area contributed by atoms with Crippen molar-refractivity contribution >= 4 is 17.8 Å². The van der Waals surface area contributed by atoms with Crippen LogP contribution in [0.25, 0.3) is 0 Å². The molecule has 1 atom stereocenters. The van der Waals surface area contributed by atoms with Crippen LogP contribution < -0.4 is 5.32 Å². The van der Waals surface area contributed by atoms with Gasteiger partial charge in [0.15, 0.2) is 6.10 Å². The third-order valence-corrected chi connectivity index (χ3v) is 1.66. The van der Waals surface area contributed by atoms with E-state index < -0.39 is 23.9 Å². The molecule has 1 heterocycles. The standard InChI is InChI=1S/C8H11NO4/c1-4(2)8(12)13-5-3-6(10)9-7(5)11/h4-5H,3H2,1-2H3,(H,9,10,11). The second-order valence-electron chi connectivity index (χ2n) is 3.20. The molecular formula is C8H11NO4. The SMILES string of the molecule is CC(C)C(=O)OC1CC(=O)NC1=O. The number of hydrogen-bond donors (Lipinski definition) is 1. The number of ether oxygens (including phenoxy) is 1. The average molecular weight is 185 g/mol. The summed E-state index contributed by atoms with van der Waals surface area (Å²) in [6.45, 7) is 3.33. The monoisotopic (exact) mass is 185 g/mol. The van der Waals surface area contributed by atoms with Crippen molar-refractivity contribution in [3.8, 4) is 0 Å². The van der Waals surface area contributed by atoms with E-state index in [0.29, 0.717) is 0 Å². The summed E-state index contributed by atoms with van der Waals surface area (Å²) in [7, 11) is 0. The fourth-order valence-electron chi connectivity index (χ4n) is 0.901. The van der Waals surface area contributed by atoms with Crippen molar-refractivity contribution in [2.45, 2.75) is 26.4 Å². The van der Waals surface area contributed by atoms with E-state index in [-0.39, 0.29) is 12.3 Å². The maximum absolute atomic E-state index is 11.0. The van der Waals surface area contributed by atoms with Crippen LogP contribution in [0.4, 0.5) is 0 Å². The number of amides is 2. The molecule has 5 heteroatoms. The van der Waals surface area contributed by atoms with Gasteiger partial charge in [-0.3, -0.25) is 19.7 Å². The molecule has 1 rings (SSSR count). The number of carbonyl (C=O) groups is 3. The van der Waals surface area contributed by atoms with Gasteiger partial charge < -0.3 is 4.74 Å². The van der Waals surface area contributed by atoms with Crippen LogP contribution in [0.5, 0.6) is 0 Å². The molecule has 0 aromatic rings. The van der Waals surface area contributed by atoms with Crippen molar-refractivity contribution in [2.75, 3.05) is 0 Å². The molecule has 1 fully saturated rings. The molecule has 5 nitrogen and oxygen atoms in total. The summed E-state index contributed by atoms with van der Waals surface area (Å²) < 4.78 is 4.78. The lowest BCUT2D eigenvalue weighted by atomic mass is 10.2. The molecule has 2 amide bonds. The second-order valence-corrected chi connectivity index (χ2v) is 3.20. The molecule has 0 bridgehead atoms. The molecule has 1 saturated heterocycles. The predicted molar refractivity (Wildman–Crippen MR) is 42.5 cm³/mol. The minimum Gasteiger partial charge on any atom is -0.451 e. The Balaban J connectivity index is 2.51. The number of nitrogens with one attached hydrogen (secondary N) is 1. The molecule has 0 spiro atoms. The summed E-state index contributed by atoms with van der Waals surface area (Å²) in [5, 5.41) is 2.06. The Morgan fingerprint density at radius 1 is 1.54 bits per heavy atom. The highest BCUT2D eigenvalue weighted by atomic mass is 16.5. The van der Waals surface area contributed by atoms with Crippen LogP contribution in [-0.2, 0) is 19.1 Å². The molecule has 72 valence electrons. The number of imide groups is 1. The lowest BCUT2D eigenvalue weighted by Gasteiger charge is -2.09. The van der Waals surface area contributed by atoms with Crippen LogP contribution in [0.1, 0.15) is 20.3 Å². The fourth-order valence-corrected chi connectivity index (χ4v) is 0.901. The van der Waals surface area contributed by atoms with Gasteiger partial charge in [0.25, 0.3) is 5.91 Å². The Labute approximate surface area is 75.4 Å². The summed E-state index contributed by atoms with van der Waals surface area (Å²) in [6.07, 6.45) is -0.987. The van der Waals surface area contributed by atoms with E-state index in [4.69, 9.17) is 4.74 Å². The van der Waals surface area contributed by atoms with E-state index in [0.717, 1.165) is 0 Å². The third-order valence-electron chi connectivity index (χ3n) is 1.66. The highest BCUT2D eigenvalue weighted by molar-refractivity contribution is 6.05. The zero-order valence-electron chi connectivity index (χ0n) is 7.49. The molecule has 1 N–H and O–H groups in total. The van der Waals surface area contributed by atoms with Crippen LogP contribution in [0.15, 0.2) is 0 Å². The quantitative estimate of drug-likeness (QED) is 0.469. The smallest absolute Gasteiger partial charge is 0.309 e. The van der Waals surface area contributed by atoms with Crippen molar-refractivity contribution in [3.63, 3.8) is 0 Å². The molecule has 0 aliphatic carbocycles. The first kappa shape index (κ1) is 9.70. The van der Waals surface area contributed by atoms with Crippen LogP contribution >= 0.6 is 0 Å². The molecule has 1 aliphatic heterocycles. The summed E-state index contributed by atoms with van der Waals surface area (Å²) in [5.41, 5.74) is 0. The number of carbonyl (C=O) groups excluding carboxylic acids is 3. The van der Waals surface area contributed by atoms with Crippen molar-refractivity contribution in [1.82, 2.24) is 5.32 Å². The summed E-state index contributed by atoms with van der Waals surface area (Å²) in [5.74, 6) is -1.68. The van der Waals surface area contributed by atoms with E-state index in [1.165, 1.54) is 0 Å². The number of esters is 1. The van der Waals surface area contributed by atoms with Crippen LogP contribution in [0.2, 0.25) is 0 Å². The molecule has 0 aromatic carbocycles. The molecule has 0 aromatic heterocycles. The third kappa shape index (κ3) is 2.27. The predicted octanol–water partition coefficient (Wildman–Crippen LogP) is -0.399. The maximum atomic E-state index is 11.0. The van der Waals surface area contributed by atoms with Crippen molar-refractivity contribution < 1.29 is 19.1 Å². The topological polar surface area (TPSA) is 72.5 Å². The number of rotatable bonds is 2. The van der Waals surface area contributed by atoms with Crippen LogP contribution in [0.3, 0.4) is 0 Å². The molecule has 0 saturated carbocycles. The van der Waals surface area contributed by atoms with Gasteiger partial charge in [-0.05, 0) is 0 Å². The Hall–Kier alpha value is -1.39. The van der Waals surface area contributed by atoms with E-state index >= 15 is 0 Å². The Kier molecular flexibility index (Phi) is 2.65. The minimum absolute atomic E-state index is 0.0582. The minimum atomic E-state index is -0.928. The van der Waals surface area contributed by atoms with Gasteiger partial charge in [-0.15, -0.1) is 0 Å². The van der Waals surface area contributed by atoms with E-state index in [1.54, 1.807) is 13.8 Å². The van der Waals surface area contributed by atoms with Gasteiger partial charge in [-0.1, -0.05) is 13.8 Å². The largest absolute Gasteiger partial charge is 0.451 e. The molecule has 1 aliphatic rings. The van der Waals surface area contributed by atoms with Gasteiger partial charge in [0.2, 0.25) is 5.91 Å². The van der Waals surface area contributed by atoms with Gasteiger partial charge >= 0.3 is 5.97 Å². The Morgan fingerprint density at radius 2 is 2.15 bits per heavy atom. The van der Waals surface area contributed by atoms with E-state index in [9.17, 15) is 14.4 Å². The van der Waals surface area contributed by atoms with Gasteiger partial charge in [0, 0.05) is 0 Å². The fraction of sp³-hybridized carbons (Fsp3) is 0.625. The zero-order valence-corrected chi connectivity index (χ0v) is 7.49. The number of hydrogen-bond acceptors (Lipinski definition) is 4. The van der Waals surface area contributed by atoms with Crippen molar-refractivity contribution in [2.24, 2.45) is 5.92 Å². The Bertz CT molecular complexity index is 259. The van der Waals surface area contributed by atoms with Gasteiger partial charge in [-0.25, -0.2) is 0 Å². The van der Waals surface area contributed by atoms with E-state index in [2.05, 4.69) is 5.32 Å². The first-order valence-corrected chi connectivity index (χ1v) is 4.05. The molecular weight excluding hydrogens is 174 g/mol. The summed E-state index contributed by atoms with van der Waals surface area (Å²) in [6, 6.07) is 0. The summed E-state index contributed by atoms with van der Waals surface area (Å²) >= 11 is 0. The first-order chi connectivity index (χ1) is 6.00. The highest BCUT2D eigenvalue weighted by Crippen LogP contribution is 2.09. The summed E-state index contributed by atoms with van der Waals surface area (Å²) in [4.78, 5) is 32.7. The second kappa shape index (κ2) is 3.55. The van der Waals surface area contributed by atoms with Gasteiger partial charge in [-0.2, -0.15) is 0 Å². The molecule has 13 heavy (non-hydrogen) atoms. The van der Waals surface area contributed by atoms with Gasteiger partial charge in [0.05, 0.1) is 12.3 Å². The first-order valence-electron chi connectivity index (χ1n) is 4.05. The zero-order chi connectivity index (χ0) is 10.0. The molecule has 0 radical (unpaired) electrons. The lowest BCUT2D eigenvalue weighted by molar-refractivity contribution is -0.157. The van der Waals surface area contributed by atoms with Gasteiger partial charge in [0.1, 0.15) is 0 Å². The Morgan fingerprint density at radius 3 is 2.54 bits per heavy atom. The highest BCUT2D eigenvalue weighted by Gasteiger charge is 2.34. The van der Waals surface area contributed by atoms with Crippen molar-refractivity contribution in [3.05, 3.63) is 0 Å². The lowest BCUT2D eigenvalue weighted by Crippen LogP contribution is -2.29.